The zero-order valence-corrected chi connectivity index (χ0v) is 17.4. The summed E-state index contributed by atoms with van der Waals surface area (Å²) in [5, 5.41) is 6.43. The number of hydrogen-bond donors (Lipinski definition) is 2. The van der Waals surface area contributed by atoms with Crippen LogP contribution in [0.25, 0.3) is 0 Å². The van der Waals surface area contributed by atoms with Crippen molar-refractivity contribution in [2.24, 2.45) is 5.16 Å². The standard InChI is InChI=1S/C18H23N5O5S/c1-5-27-16(24)14-9-7-8-10-15(14)29(25,26)23-18(22-28-6-2)21-17-19-12(3)11-13(4)20-17/h7-11H,5-6H2,1-4H3,(H2,19,20,21,22,23). The topological polar surface area (TPSA) is 132 Å². The molecular weight excluding hydrogens is 398 g/mol. The molecule has 10 nitrogen and oxygen atoms in total. The number of ether oxygens (including phenoxy) is 1. The third kappa shape index (κ3) is 6.14. The van der Waals surface area contributed by atoms with Crippen LogP contribution in [0, 0.1) is 13.8 Å². The van der Waals surface area contributed by atoms with Gasteiger partial charge in [0.2, 0.25) is 5.95 Å². The van der Waals surface area contributed by atoms with Crippen LogP contribution in [0.15, 0.2) is 40.4 Å². The van der Waals surface area contributed by atoms with Crippen LogP contribution < -0.4 is 10.0 Å². The molecule has 0 amide bonds. The van der Waals surface area contributed by atoms with Crippen LogP contribution in [0.4, 0.5) is 5.95 Å². The predicted octanol–water partition coefficient (Wildman–Crippen LogP) is 1.97. The van der Waals surface area contributed by atoms with Gasteiger partial charge in [-0.1, -0.05) is 12.1 Å². The molecule has 0 spiro atoms. The summed E-state index contributed by atoms with van der Waals surface area (Å²) < 4.78 is 33.0. The molecule has 0 fully saturated rings. The number of aromatic nitrogens is 2. The van der Waals surface area contributed by atoms with Crippen LogP contribution >= 0.6 is 0 Å². The zero-order valence-electron chi connectivity index (χ0n) is 16.6. The molecule has 2 rings (SSSR count). The number of hydrogen-bond acceptors (Lipinski definition) is 8. The van der Waals surface area contributed by atoms with Gasteiger partial charge < -0.3 is 9.57 Å². The Morgan fingerprint density at radius 2 is 1.76 bits per heavy atom. The van der Waals surface area contributed by atoms with Gasteiger partial charge in [0, 0.05) is 11.4 Å². The van der Waals surface area contributed by atoms with E-state index < -0.39 is 16.0 Å². The molecule has 1 aromatic carbocycles. The molecule has 11 heteroatoms. The molecule has 0 aliphatic heterocycles. The van der Waals surface area contributed by atoms with Crippen molar-refractivity contribution in [3.8, 4) is 0 Å². The Morgan fingerprint density at radius 1 is 1.10 bits per heavy atom. The van der Waals surface area contributed by atoms with E-state index in [1.807, 2.05) is 0 Å². The highest BCUT2D eigenvalue weighted by Crippen LogP contribution is 2.17. The van der Waals surface area contributed by atoms with Gasteiger partial charge in [-0.15, -0.1) is 0 Å². The number of carbonyl (C=O) groups excluding carboxylic acids is 1. The maximum Gasteiger partial charge on any atom is 0.339 e. The molecule has 0 atom stereocenters. The van der Waals surface area contributed by atoms with Crippen molar-refractivity contribution in [1.29, 1.82) is 0 Å². The molecular formula is C18H23N5O5S. The second-order valence-electron chi connectivity index (χ2n) is 5.78. The fraction of sp³-hybridized carbons (Fsp3) is 0.333. The van der Waals surface area contributed by atoms with Crippen LogP contribution in [-0.2, 0) is 19.6 Å². The highest BCUT2D eigenvalue weighted by Gasteiger charge is 2.25. The number of guanidine groups is 1. The van der Waals surface area contributed by atoms with Gasteiger partial charge in [0.1, 0.15) is 11.5 Å². The molecule has 0 aliphatic carbocycles. The third-order valence-corrected chi connectivity index (χ3v) is 4.80. The van der Waals surface area contributed by atoms with Gasteiger partial charge in [-0.2, -0.15) is 0 Å². The van der Waals surface area contributed by atoms with Crippen molar-refractivity contribution < 1.29 is 22.8 Å². The number of aryl methyl sites for hydroxylation is 2. The van der Waals surface area contributed by atoms with Crippen molar-refractivity contribution in [3.63, 3.8) is 0 Å². The monoisotopic (exact) mass is 421 g/mol. The fourth-order valence-corrected chi connectivity index (χ4v) is 3.50. The lowest BCUT2D eigenvalue weighted by atomic mass is 10.2. The first-order valence-electron chi connectivity index (χ1n) is 8.85. The summed E-state index contributed by atoms with van der Waals surface area (Å²) in [6.45, 7) is 7.20. The quantitative estimate of drug-likeness (QED) is 0.300. The van der Waals surface area contributed by atoms with E-state index in [0.717, 1.165) is 0 Å². The van der Waals surface area contributed by atoms with Crippen molar-refractivity contribution in [1.82, 2.24) is 14.7 Å². The highest BCUT2D eigenvalue weighted by molar-refractivity contribution is 7.90. The molecule has 0 radical (unpaired) electrons. The summed E-state index contributed by atoms with van der Waals surface area (Å²) >= 11 is 0. The van der Waals surface area contributed by atoms with Gasteiger partial charge in [0.25, 0.3) is 16.0 Å². The largest absolute Gasteiger partial charge is 0.462 e. The molecule has 0 aliphatic rings. The summed E-state index contributed by atoms with van der Waals surface area (Å²) in [5.41, 5.74) is 1.28. The van der Waals surface area contributed by atoms with E-state index >= 15 is 0 Å². The first kappa shape index (κ1) is 22.1. The Labute approximate surface area is 169 Å². The Hall–Kier alpha value is -3.21. The minimum atomic E-state index is -4.20. The first-order chi connectivity index (χ1) is 13.8. The van der Waals surface area contributed by atoms with Crippen LogP contribution in [0.1, 0.15) is 35.6 Å². The van der Waals surface area contributed by atoms with Crippen LogP contribution in [-0.4, -0.2) is 43.5 Å². The van der Waals surface area contributed by atoms with Gasteiger partial charge in [-0.3, -0.25) is 5.32 Å². The van der Waals surface area contributed by atoms with Gasteiger partial charge in [-0.25, -0.2) is 27.9 Å². The fourth-order valence-electron chi connectivity index (χ4n) is 2.34. The lowest BCUT2D eigenvalue weighted by molar-refractivity contribution is 0.0522. The number of nitrogens with one attached hydrogen (secondary N) is 2. The number of rotatable bonds is 7. The lowest BCUT2D eigenvalue weighted by Gasteiger charge is -2.14. The van der Waals surface area contributed by atoms with Gasteiger partial charge in [-0.05, 0) is 51.0 Å². The average Bonchev–Trinajstić information content (AvgIpc) is 2.65. The van der Waals surface area contributed by atoms with Crippen LogP contribution in [0.2, 0.25) is 0 Å². The summed E-state index contributed by atoms with van der Waals surface area (Å²) in [5.74, 6) is -0.861. The van der Waals surface area contributed by atoms with Crippen molar-refractivity contribution in [2.75, 3.05) is 18.5 Å². The SMILES string of the molecule is CCON=C(Nc1nc(C)cc(C)n1)NS(=O)(=O)c1ccccc1C(=O)OCC. The van der Waals surface area contributed by atoms with Gasteiger partial charge >= 0.3 is 5.97 Å². The number of nitrogens with zero attached hydrogens (tertiary/aromatic N) is 3. The Bertz CT molecular complexity index is 987. The highest BCUT2D eigenvalue weighted by atomic mass is 32.2. The minimum absolute atomic E-state index is 0.0970. The van der Waals surface area contributed by atoms with Crippen molar-refractivity contribution in [2.45, 2.75) is 32.6 Å². The minimum Gasteiger partial charge on any atom is -0.462 e. The second kappa shape index (κ2) is 9.82. The van der Waals surface area contributed by atoms with E-state index in [4.69, 9.17) is 9.57 Å². The number of esters is 1. The number of oxime groups is 1. The number of carbonyl (C=O) groups is 1. The molecule has 1 aromatic heterocycles. The van der Waals surface area contributed by atoms with E-state index in [1.54, 1.807) is 39.8 Å². The summed E-state index contributed by atoms with van der Waals surface area (Å²) in [4.78, 5) is 25.2. The third-order valence-electron chi connectivity index (χ3n) is 3.40. The van der Waals surface area contributed by atoms with Crippen LogP contribution in [0.5, 0.6) is 0 Å². The van der Waals surface area contributed by atoms with Crippen molar-refractivity contribution >= 4 is 27.9 Å². The Morgan fingerprint density at radius 3 is 2.38 bits per heavy atom. The van der Waals surface area contributed by atoms with E-state index in [1.165, 1.54) is 18.2 Å². The molecule has 2 aromatic rings. The summed E-state index contributed by atoms with van der Waals surface area (Å²) in [6.07, 6.45) is 0. The maximum absolute atomic E-state index is 12.9. The first-order valence-corrected chi connectivity index (χ1v) is 10.3. The molecule has 0 bridgehead atoms. The van der Waals surface area contributed by atoms with E-state index in [2.05, 4.69) is 25.2 Å². The second-order valence-corrected chi connectivity index (χ2v) is 7.43. The Kier molecular flexibility index (Phi) is 7.48. The van der Waals surface area contributed by atoms with Gasteiger partial charge in [0.15, 0.2) is 0 Å². The zero-order chi connectivity index (χ0) is 21.4. The molecule has 2 N–H and O–H groups in total. The molecule has 0 saturated heterocycles. The lowest BCUT2D eigenvalue weighted by Crippen LogP contribution is -2.37. The average molecular weight is 421 g/mol. The Balaban J connectivity index is 2.37. The van der Waals surface area contributed by atoms with Gasteiger partial charge in [0.05, 0.1) is 12.2 Å². The molecule has 156 valence electrons. The van der Waals surface area contributed by atoms with Crippen LogP contribution in [0.3, 0.4) is 0 Å². The summed E-state index contributed by atoms with van der Waals surface area (Å²) in [6, 6.07) is 7.47. The number of anilines is 1. The van der Waals surface area contributed by atoms with E-state index in [9.17, 15) is 13.2 Å². The smallest absolute Gasteiger partial charge is 0.339 e. The number of sulfonamides is 1. The molecule has 29 heavy (non-hydrogen) atoms. The maximum atomic E-state index is 12.9. The number of benzene rings is 1. The predicted molar refractivity (Wildman–Crippen MR) is 107 cm³/mol. The molecule has 0 unspecified atom stereocenters. The van der Waals surface area contributed by atoms with E-state index in [-0.39, 0.29) is 35.6 Å². The van der Waals surface area contributed by atoms with E-state index in [0.29, 0.717) is 11.4 Å². The normalized spacial score (nSPS) is 11.7. The molecule has 1 heterocycles. The summed E-state index contributed by atoms with van der Waals surface area (Å²) in [7, 11) is -4.20. The van der Waals surface area contributed by atoms with Crippen molar-refractivity contribution in [3.05, 3.63) is 47.3 Å². The molecule has 0 saturated carbocycles.